The number of amides is 1. The molecule has 0 aliphatic heterocycles. The number of fused-ring (bicyclic) bond motifs is 3. The van der Waals surface area contributed by atoms with Crippen molar-refractivity contribution in [3.63, 3.8) is 0 Å². The van der Waals surface area contributed by atoms with Crippen LogP contribution in [0, 0.1) is 0 Å². The second kappa shape index (κ2) is 8.70. The monoisotopic (exact) mass is 437 g/mol. The Morgan fingerprint density at radius 2 is 1.61 bits per heavy atom. The van der Waals surface area contributed by atoms with Crippen LogP contribution in [0.5, 0.6) is 5.75 Å². The summed E-state index contributed by atoms with van der Waals surface area (Å²) >= 11 is 5.88. The summed E-state index contributed by atoms with van der Waals surface area (Å²) in [4.78, 5) is 24.0. The van der Waals surface area contributed by atoms with E-state index in [2.05, 4.69) is 5.32 Å². The molecule has 31 heavy (non-hydrogen) atoms. The van der Waals surface area contributed by atoms with Crippen molar-refractivity contribution in [3.05, 3.63) is 88.4 Å². The lowest BCUT2D eigenvalue weighted by molar-refractivity contribution is -0.139. The lowest BCUT2D eigenvalue weighted by Crippen LogP contribution is -2.42. The summed E-state index contributed by atoms with van der Waals surface area (Å²) in [5.74, 6) is -1.41. The van der Waals surface area contributed by atoms with Gasteiger partial charge < -0.3 is 20.3 Å². The van der Waals surface area contributed by atoms with Gasteiger partial charge in [0.05, 0.1) is 5.02 Å². The number of aliphatic carboxylic acids is 1. The minimum absolute atomic E-state index is 0.000468. The molecule has 0 unspecified atom stereocenters. The highest BCUT2D eigenvalue weighted by molar-refractivity contribution is 6.32. The van der Waals surface area contributed by atoms with Crippen LogP contribution < -0.4 is 5.32 Å². The van der Waals surface area contributed by atoms with E-state index in [1.807, 2.05) is 48.5 Å². The molecular formula is C24H20ClNO5. The van der Waals surface area contributed by atoms with E-state index in [1.165, 1.54) is 12.1 Å². The van der Waals surface area contributed by atoms with Crippen molar-refractivity contribution in [3.8, 4) is 16.9 Å². The van der Waals surface area contributed by atoms with Gasteiger partial charge in [-0.3, -0.25) is 0 Å². The number of carbonyl (C=O) groups is 2. The van der Waals surface area contributed by atoms with Crippen LogP contribution in [0.3, 0.4) is 0 Å². The number of nitrogens with one attached hydrogen (secondary N) is 1. The van der Waals surface area contributed by atoms with Gasteiger partial charge in [0.2, 0.25) is 0 Å². The van der Waals surface area contributed by atoms with Crippen LogP contribution in [0.2, 0.25) is 5.02 Å². The van der Waals surface area contributed by atoms with Crippen LogP contribution in [0.25, 0.3) is 11.1 Å². The van der Waals surface area contributed by atoms with Crippen LogP contribution in [0.4, 0.5) is 4.79 Å². The average Bonchev–Trinajstić information content (AvgIpc) is 3.08. The van der Waals surface area contributed by atoms with Crippen molar-refractivity contribution in [1.82, 2.24) is 5.32 Å². The number of hydrogen-bond donors (Lipinski definition) is 3. The third kappa shape index (κ3) is 4.34. The molecule has 3 N–H and O–H groups in total. The van der Waals surface area contributed by atoms with Crippen molar-refractivity contribution in [1.29, 1.82) is 0 Å². The van der Waals surface area contributed by atoms with Crippen LogP contribution >= 0.6 is 11.6 Å². The second-order valence-corrected chi connectivity index (χ2v) is 7.76. The molecule has 1 aliphatic rings. The molecule has 0 radical (unpaired) electrons. The van der Waals surface area contributed by atoms with Crippen LogP contribution in [-0.4, -0.2) is 34.9 Å². The maximum Gasteiger partial charge on any atom is 0.407 e. The van der Waals surface area contributed by atoms with E-state index in [0.717, 1.165) is 22.3 Å². The number of phenolic OH excluding ortho intramolecular Hbond substituents is 1. The number of hydrogen-bond acceptors (Lipinski definition) is 4. The zero-order valence-corrected chi connectivity index (χ0v) is 17.2. The van der Waals surface area contributed by atoms with Crippen molar-refractivity contribution in [2.75, 3.05) is 6.61 Å². The molecule has 1 aliphatic carbocycles. The molecule has 0 fully saturated rings. The molecule has 3 aromatic carbocycles. The van der Waals surface area contributed by atoms with Crippen molar-refractivity contribution in [2.45, 2.75) is 18.4 Å². The zero-order valence-electron chi connectivity index (χ0n) is 16.4. The molecule has 6 nitrogen and oxygen atoms in total. The molecular weight excluding hydrogens is 418 g/mol. The zero-order chi connectivity index (χ0) is 22.0. The van der Waals surface area contributed by atoms with Gasteiger partial charge in [-0.15, -0.1) is 0 Å². The fourth-order valence-corrected chi connectivity index (χ4v) is 4.10. The first-order valence-corrected chi connectivity index (χ1v) is 10.1. The quantitative estimate of drug-likeness (QED) is 0.524. The van der Waals surface area contributed by atoms with E-state index < -0.39 is 18.1 Å². The van der Waals surface area contributed by atoms with Gasteiger partial charge >= 0.3 is 12.1 Å². The first kappa shape index (κ1) is 20.8. The van der Waals surface area contributed by atoms with Gasteiger partial charge in [0.25, 0.3) is 0 Å². The van der Waals surface area contributed by atoms with Gasteiger partial charge in [0.1, 0.15) is 18.4 Å². The maximum atomic E-state index is 12.4. The second-order valence-electron chi connectivity index (χ2n) is 7.35. The highest BCUT2D eigenvalue weighted by Gasteiger charge is 2.29. The van der Waals surface area contributed by atoms with Crippen molar-refractivity contribution in [2.24, 2.45) is 0 Å². The summed E-state index contributed by atoms with van der Waals surface area (Å²) in [7, 11) is 0. The minimum Gasteiger partial charge on any atom is -0.506 e. The number of benzene rings is 3. The topological polar surface area (TPSA) is 95.9 Å². The number of alkyl carbamates (subject to hydrolysis) is 1. The molecule has 0 spiro atoms. The largest absolute Gasteiger partial charge is 0.506 e. The Balaban J connectivity index is 1.43. The number of ether oxygens (including phenoxy) is 1. The summed E-state index contributed by atoms with van der Waals surface area (Å²) < 4.78 is 5.42. The highest BCUT2D eigenvalue weighted by atomic mass is 35.5. The number of carboxylic acids is 1. The van der Waals surface area contributed by atoms with E-state index in [-0.39, 0.29) is 29.7 Å². The van der Waals surface area contributed by atoms with E-state index in [0.29, 0.717) is 5.56 Å². The van der Waals surface area contributed by atoms with E-state index >= 15 is 0 Å². The summed E-state index contributed by atoms with van der Waals surface area (Å²) in [5, 5.41) is 21.5. The third-order valence-corrected chi connectivity index (χ3v) is 5.69. The van der Waals surface area contributed by atoms with Crippen LogP contribution in [-0.2, 0) is 16.0 Å². The lowest BCUT2D eigenvalue weighted by Gasteiger charge is -2.17. The fraction of sp³-hybridized carbons (Fsp3) is 0.167. The fourth-order valence-electron chi connectivity index (χ4n) is 3.90. The van der Waals surface area contributed by atoms with Gasteiger partial charge in [0.15, 0.2) is 0 Å². The lowest BCUT2D eigenvalue weighted by atomic mass is 9.98. The molecule has 7 heteroatoms. The summed E-state index contributed by atoms with van der Waals surface area (Å²) in [5.41, 5.74) is 4.93. The van der Waals surface area contributed by atoms with E-state index in [4.69, 9.17) is 16.3 Å². The molecule has 4 rings (SSSR count). The number of rotatable bonds is 6. The SMILES string of the molecule is O=C(N[C@@H](Cc1ccc(O)c(Cl)c1)C(=O)O)OCC1c2ccccc2-c2ccccc21. The minimum atomic E-state index is -1.20. The van der Waals surface area contributed by atoms with Crippen LogP contribution in [0.1, 0.15) is 22.6 Å². The first-order valence-electron chi connectivity index (χ1n) is 9.75. The van der Waals surface area contributed by atoms with Gasteiger partial charge in [0, 0.05) is 12.3 Å². The summed E-state index contributed by atoms with van der Waals surface area (Å²) in [6.07, 6.45) is -0.807. The van der Waals surface area contributed by atoms with Gasteiger partial charge in [-0.25, -0.2) is 9.59 Å². The molecule has 3 aromatic rings. The Labute approximate surface area is 184 Å². The van der Waals surface area contributed by atoms with Crippen molar-refractivity contribution < 1.29 is 24.5 Å². The molecule has 1 amide bonds. The summed E-state index contributed by atoms with van der Waals surface area (Å²) in [6, 6.07) is 19.1. The highest BCUT2D eigenvalue weighted by Crippen LogP contribution is 2.44. The van der Waals surface area contributed by atoms with Crippen LogP contribution in [0.15, 0.2) is 66.7 Å². The Morgan fingerprint density at radius 1 is 1.00 bits per heavy atom. The molecule has 0 saturated carbocycles. The number of carboxylic acid groups (broad SMARTS) is 1. The number of phenols is 1. The molecule has 0 bridgehead atoms. The Bertz CT molecular complexity index is 1100. The average molecular weight is 438 g/mol. The number of halogens is 1. The standard InChI is InChI=1S/C24H20ClNO5/c25-20-11-14(9-10-22(20)27)12-21(23(28)29)26-24(30)31-13-19-17-7-3-1-5-15(17)16-6-2-4-8-18(16)19/h1-11,19,21,27H,12-13H2,(H,26,30)(H,28,29)/t21-/m0/s1. The molecule has 0 saturated heterocycles. The van der Waals surface area contributed by atoms with Crippen molar-refractivity contribution >= 4 is 23.7 Å². The maximum absolute atomic E-state index is 12.4. The Hall–Kier alpha value is -3.51. The van der Waals surface area contributed by atoms with E-state index in [9.17, 15) is 19.8 Å². The summed E-state index contributed by atoms with van der Waals surface area (Å²) in [6.45, 7) is 0.0945. The predicted molar refractivity (Wildman–Crippen MR) is 116 cm³/mol. The number of carbonyl (C=O) groups excluding carboxylic acids is 1. The molecule has 158 valence electrons. The molecule has 0 heterocycles. The first-order chi connectivity index (χ1) is 14.9. The van der Waals surface area contributed by atoms with Gasteiger partial charge in [-0.05, 0) is 39.9 Å². The smallest absolute Gasteiger partial charge is 0.407 e. The van der Waals surface area contributed by atoms with Gasteiger partial charge in [-0.2, -0.15) is 0 Å². The third-order valence-electron chi connectivity index (χ3n) is 5.39. The normalized spacial score (nSPS) is 13.2. The predicted octanol–water partition coefficient (Wildman–Crippen LogP) is 4.58. The molecule has 1 atom stereocenters. The Kier molecular flexibility index (Phi) is 5.82. The Morgan fingerprint density at radius 3 is 2.19 bits per heavy atom. The van der Waals surface area contributed by atoms with Gasteiger partial charge in [-0.1, -0.05) is 66.2 Å². The van der Waals surface area contributed by atoms with E-state index in [1.54, 1.807) is 6.07 Å². The molecule has 0 aromatic heterocycles. The number of aromatic hydroxyl groups is 1.